The van der Waals surface area contributed by atoms with Crippen LogP contribution in [-0.4, -0.2) is 17.5 Å². The predicted molar refractivity (Wildman–Crippen MR) is 163 cm³/mol. The zero-order valence-electron chi connectivity index (χ0n) is 22.5. The molecule has 36 heavy (non-hydrogen) atoms. The Morgan fingerprint density at radius 3 is 1.39 bits per heavy atom. The monoisotopic (exact) mass is 668 g/mol. The summed E-state index contributed by atoms with van der Waals surface area (Å²) in [5.41, 5.74) is 0. The van der Waals surface area contributed by atoms with E-state index < -0.39 is 14.4 Å². The van der Waals surface area contributed by atoms with Crippen molar-refractivity contribution in [1.82, 2.24) is 0 Å². The van der Waals surface area contributed by atoms with Crippen LogP contribution in [-0.2, 0) is 6.51 Å². The van der Waals surface area contributed by atoms with Crippen LogP contribution >= 0.6 is 38.4 Å². The Bertz CT molecular complexity index is 1760. The van der Waals surface area contributed by atoms with Gasteiger partial charge in [0.25, 0.3) is 0 Å². The Balaban J connectivity index is 1.21. The van der Waals surface area contributed by atoms with Crippen molar-refractivity contribution in [2.24, 2.45) is 0 Å². The van der Waals surface area contributed by atoms with Crippen LogP contribution in [0.4, 0.5) is 0 Å². The Morgan fingerprint density at radius 2 is 1.06 bits per heavy atom. The van der Waals surface area contributed by atoms with Gasteiger partial charge in [-0.15, -0.1) is 0 Å². The van der Waals surface area contributed by atoms with Gasteiger partial charge in [-0.25, -0.2) is 0 Å². The van der Waals surface area contributed by atoms with Crippen molar-refractivity contribution in [3.8, 4) is 0 Å². The third kappa shape index (κ3) is 0.480. The molecular weight excluding hydrogens is 629 g/mol. The van der Waals surface area contributed by atoms with Crippen LogP contribution in [0.1, 0.15) is 48.5 Å². The van der Waals surface area contributed by atoms with Crippen LogP contribution in [0.5, 0.6) is 0 Å². The first-order chi connectivity index (χ1) is 16.6. The minimum absolute atomic E-state index is 0.0300. The average molecular weight is 668 g/mol. The van der Waals surface area contributed by atoms with Crippen molar-refractivity contribution in [1.29, 1.82) is 0 Å². The molecule has 10 aliphatic heterocycles. The molecule has 0 nitrogen and oxygen atoms in total. The van der Waals surface area contributed by atoms with Crippen LogP contribution in [0.3, 0.4) is 0 Å². The van der Waals surface area contributed by atoms with Crippen molar-refractivity contribution in [2.75, 3.05) is 0 Å². The fourth-order valence-corrected chi connectivity index (χ4v) is 129. The third-order valence-corrected chi connectivity index (χ3v) is 76.4. The molecule has 0 amide bonds. The summed E-state index contributed by atoms with van der Waals surface area (Å²) in [7, 11) is -0.427. The molecule has 10 saturated heterocycles. The number of alkyl halides is 1. The van der Waals surface area contributed by atoms with Gasteiger partial charge < -0.3 is 0 Å². The van der Waals surface area contributed by atoms with E-state index in [9.17, 15) is 0 Å². The number of rotatable bonds is 5. The van der Waals surface area contributed by atoms with Crippen molar-refractivity contribution < 1.29 is 6.51 Å². The van der Waals surface area contributed by atoms with Gasteiger partial charge in [-0.05, 0) is 0 Å². The normalized spacial score (nSPS) is 67.6. The average Bonchev–Trinajstić information content (AvgIpc) is 3.73. The molecule has 2 aromatic carbocycles. The summed E-state index contributed by atoms with van der Waals surface area (Å²) in [6.45, 7) is 15.3. The molecule has 0 bridgehead atoms. The van der Waals surface area contributed by atoms with Crippen LogP contribution in [0.25, 0.3) is 0 Å². The summed E-state index contributed by atoms with van der Waals surface area (Å²) in [4.78, 5) is 10.7. The van der Waals surface area contributed by atoms with Gasteiger partial charge >= 0.3 is 225 Å². The molecule has 0 saturated carbocycles. The number of benzene rings is 2. The van der Waals surface area contributed by atoms with Crippen LogP contribution < -0.4 is 10.6 Å². The van der Waals surface area contributed by atoms with E-state index in [1.807, 2.05) is 0 Å². The topological polar surface area (TPSA) is 0 Å². The van der Waals surface area contributed by atoms with Crippen molar-refractivity contribution in [2.45, 2.75) is 109 Å². The van der Waals surface area contributed by atoms with E-state index in [-0.39, 0.29) is 7.92 Å². The van der Waals surface area contributed by atoms with Crippen LogP contribution in [0.2, 0.25) is 42.8 Å². The maximum absolute atomic E-state index is 3.72. The van der Waals surface area contributed by atoms with Gasteiger partial charge in [0, 0.05) is 0 Å². The van der Waals surface area contributed by atoms with E-state index in [0.29, 0.717) is 13.5 Å². The molecule has 6 atom stereocenters. The van der Waals surface area contributed by atoms with Crippen molar-refractivity contribution >= 4 is 49.0 Å². The Morgan fingerprint density at radius 1 is 0.639 bits per heavy atom. The molecule has 0 aliphatic carbocycles. The van der Waals surface area contributed by atoms with E-state index in [1.165, 1.54) is 38.5 Å². The van der Waals surface area contributed by atoms with E-state index >= 15 is 0 Å². The van der Waals surface area contributed by atoms with E-state index in [4.69, 9.17) is 0 Å². The first-order valence-corrected chi connectivity index (χ1v) is 24.2. The molecular formula is C32H39FeIP2. The van der Waals surface area contributed by atoms with Gasteiger partial charge in [-0.1, -0.05) is 0 Å². The molecule has 5 unspecified atom stereocenters. The molecule has 10 aliphatic rings. The summed E-state index contributed by atoms with van der Waals surface area (Å²) < 4.78 is 2.06. The molecule has 4 heteroatoms. The number of hydrogen-bond acceptors (Lipinski definition) is 0. The minimum atomic E-state index is -3.72. The predicted octanol–water partition coefficient (Wildman–Crippen LogP) is 10.0. The van der Waals surface area contributed by atoms with Gasteiger partial charge in [0.05, 0.1) is 0 Å². The van der Waals surface area contributed by atoms with Gasteiger partial charge in [-0.2, -0.15) is 0 Å². The van der Waals surface area contributed by atoms with Gasteiger partial charge in [0.15, 0.2) is 0 Å². The summed E-state index contributed by atoms with van der Waals surface area (Å²) in [6.07, 6.45) is 0. The molecule has 0 radical (unpaired) electrons. The van der Waals surface area contributed by atoms with Crippen molar-refractivity contribution in [3.63, 3.8) is 0 Å². The number of fused-ring (bicyclic) bond motifs is 10. The SMILES string of the molecule is CC(C)(C)P(C(C)(C)C)[C]12[CH]3[CH]4[CH]5[C@]1(C(C)(I)P(c1ccccc1)c1ccccc1)[Fe]43521678[CH]2[CH]1[CH]6[CH]7[CH]28. The standard InChI is InChI=1S/C27H34IP2.C5H5.Fe/c1-25(2,3)30(26(4,5)6)24-20-14-19-23(24)27(7,28)29(21-15-10-8-11-16-21)22-17-12-9-13-18-22;1-2-4-5-3-1;/h8-20H,1-7H3;1-5H;. The van der Waals surface area contributed by atoms with E-state index in [2.05, 4.69) is 132 Å². The molecule has 10 heterocycles. The first-order valence-electron chi connectivity index (χ1n) is 14.2. The zero-order valence-corrected chi connectivity index (χ0v) is 27.6. The van der Waals surface area contributed by atoms with Gasteiger partial charge in [0.2, 0.25) is 0 Å². The number of halogens is 1. The van der Waals surface area contributed by atoms with Gasteiger partial charge in [-0.3, -0.25) is 0 Å². The zero-order chi connectivity index (χ0) is 24.8. The quantitative estimate of drug-likeness (QED) is 0.129. The summed E-state index contributed by atoms with van der Waals surface area (Å²) in [5, 5.41) is 4.23. The fourth-order valence-electron chi connectivity index (χ4n) is 22.3. The summed E-state index contributed by atoms with van der Waals surface area (Å²) in [5.74, 6) is 0. The van der Waals surface area contributed by atoms with E-state index in [1.54, 1.807) is 10.6 Å². The summed E-state index contributed by atoms with van der Waals surface area (Å²) in [6, 6.07) is 23.8. The second kappa shape index (κ2) is 2.87. The Labute approximate surface area is 223 Å². The molecule has 0 aromatic heterocycles. The molecule has 192 valence electrons. The third-order valence-electron chi connectivity index (χ3n) is 19.6. The second-order valence-corrected chi connectivity index (χ2v) is 51.6. The molecule has 1 spiro atoms. The van der Waals surface area contributed by atoms with Crippen LogP contribution in [0, 0.1) is 0 Å². The molecule has 0 N–H and O–H groups in total. The van der Waals surface area contributed by atoms with Crippen LogP contribution in [0.15, 0.2) is 60.7 Å². The summed E-state index contributed by atoms with van der Waals surface area (Å²) >= 11 is 3.20. The first kappa shape index (κ1) is 20.4. The maximum atomic E-state index is 3.20. The van der Waals surface area contributed by atoms with Gasteiger partial charge in [0.1, 0.15) is 0 Å². The number of hydrogen-bond donors (Lipinski definition) is 0. The fraction of sp³-hybridized carbons (Fsp3) is 0.625. The molecule has 2 aromatic rings. The Hall–Kier alpha value is 0.549. The molecule has 10 fully saturated rings. The second-order valence-electron chi connectivity index (χ2n) is 18.3. The van der Waals surface area contributed by atoms with E-state index in [0.717, 1.165) is 8.37 Å². The Kier molecular flexibility index (Phi) is 1.63. The molecule has 12 rings (SSSR count). The van der Waals surface area contributed by atoms with Crippen molar-refractivity contribution in [3.05, 3.63) is 60.7 Å².